The highest BCUT2D eigenvalue weighted by atomic mass is 35.5. The molecule has 1 aromatic heterocycles. The molecule has 0 unspecified atom stereocenters. The lowest BCUT2D eigenvalue weighted by Gasteiger charge is -2.26. The highest BCUT2D eigenvalue weighted by Crippen LogP contribution is 2.31. The quantitative estimate of drug-likeness (QED) is 0.202. The van der Waals surface area contributed by atoms with Gasteiger partial charge in [0.25, 0.3) is 0 Å². The second-order valence-electron chi connectivity index (χ2n) is 8.55. The van der Waals surface area contributed by atoms with Gasteiger partial charge in [-0.1, -0.05) is 47.7 Å². The number of H-pyrrole nitrogens is 1. The van der Waals surface area contributed by atoms with Gasteiger partial charge < -0.3 is 25.8 Å². The molecule has 3 aromatic rings. The zero-order valence-electron chi connectivity index (χ0n) is 19.5. The van der Waals surface area contributed by atoms with Gasteiger partial charge in [0, 0.05) is 29.9 Å². The Morgan fingerprint density at radius 1 is 1.09 bits per heavy atom. The molecule has 0 amide bonds. The molecule has 0 radical (unpaired) electrons. The first-order valence-corrected chi connectivity index (χ1v) is 12.9. The number of thiazole rings is 1. The second-order valence-corrected chi connectivity index (χ2v) is 10.8. The maximum absolute atomic E-state index is 11.6. The first-order valence-electron chi connectivity index (χ1n) is 11.0. The molecule has 6 nitrogen and oxygen atoms in total. The molecule has 0 aliphatic rings. The van der Waals surface area contributed by atoms with Gasteiger partial charge in [0.1, 0.15) is 11.3 Å². The fourth-order valence-electron chi connectivity index (χ4n) is 3.67. The Morgan fingerprint density at radius 3 is 2.56 bits per heavy atom. The lowest BCUT2D eigenvalue weighted by atomic mass is 9.95. The van der Waals surface area contributed by atoms with Crippen LogP contribution in [0.3, 0.4) is 0 Å². The summed E-state index contributed by atoms with van der Waals surface area (Å²) in [7, 11) is 0. The molecule has 0 spiro atoms. The van der Waals surface area contributed by atoms with Crippen molar-refractivity contribution in [1.82, 2.24) is 15.6 Å². The molecule has 34 heavy (non-hydrogen) atoms. The van der Waals surface area contributed by atoms with Crippen LogP contribution in [0.5, 0.6) is 5.75 Å². The summed E-state index contributed by atoms with van der Waals surface area (Å²) in [4.78, 5) is 14.0. The monoisotopic (exact) mass is 547 g/mol. The van der Waals surface area contributed by atoms with E-state index in [1.165, 1.54) is 11.6 Å². The lowest BCUT2D eigenvalue weighted by Crippen LogP contribution is -2.41. The molecule has 0 saturated carbocycles. The Balaban J connectivity index is 0.00000289. The molecule has 1 atom stereocenters. The lowest BCUT2D eigenvalue weighted by molar-refractivity contribution is 0.177. The van der Waals surface area contributed by atoms with E-state index in [1.54, 1.807) is 6.07 Å². The number of hydrogen-bond acceptors (Lipinski definition) is 7. The van der Waals surface area contributed by atoms with E-state index in [9.17, 15) is 15.0 Å². The number of aliphatic hydroxyl groups excluding tert-OH is 1. The number of fused-ring (bicyclic) bond motifs is 1. The predicted octanol–water partition coefficient (Wildman–Crippen LogP) is 4.50. The van der Waals surface area contributed by atoms with Gasteiger partial charge in [0.2, 0.25) is 0 Å². The van der Waals surface area contributed by atoms with E-state index in [-0.39, 0.29) is 41.0 Å². The summed E-state index contributed by atoms with van der Waals surface area (Å²) in [5, 5.41) is 27.3. The van der Waals surface area contributed by atoms with Crippen LogP contribution in [-0.2, 0) is 6.42 Å². The van der Waals surface area contributed by atoms with Crippen LogP contribution in [0.2, 0.25) is 0 Å². The molecule has 0 aliphatic heterocycles. The number of benzene rings is 2. The third-order valence-corrected chi connectivity index (χ3v) is 7.27. The van der Waals surface area contributed by atoms with E-state index in [4.69, 9.17) is 0 Å². The maximum atomic E-state index is 11.6. The summed E-state index contributed by atoms with van der Waals surface area (Å²) in [6.07, 6.45) is 1.40. The van der Waals surface area contributed by atoms with E-state index in [2.05, 4.69) is 59.8 Å². The van der Waals surface area contributed by atoms with Crippen LogP contribution in [0.25, 0.3) is 10.2 Å². The van der Waals surface area contributed by atoms with Crippen molar-refractivity contribution in [1.29, 1.82) is 0 Å². The first-order chi connectivity index (χ1) is 15.4. The summed E-state index contributed by atoms with van der Waals surface area (Å²) >= 11 is 2.91. The minimum Gasteiger partial charge on any atom is -0.506 e. The van der Waals surface area contributed by atoms with Gasteiger partial charge in [-0.15, -0.1) is 24.8 Å². The number of nitrogens with one attached hydrogen (secondary N) is 3. The molecule has 5 N–H and O–H groups in total. The van der Waals surface area contributed by atoms with Crippen LogP contribution in [0, 0.1) is 0 Å². The van der Waals surface area contributed by atoms with Crippen molar-refractivity contribution in [3.05, 3.63) is 63.3 Å². The van der Waals surface area contributed by atoms with Crippen LogP contribution >= 0.6 is 47.9 Å². The Morgan fingerprint density at radius 2 is 1.82 bits per heavy atom. The van der Waals surface area contributed by atoms with E-state index in [1.807, 2.05) is 11.8 Å². The average Bonchev–Trinajstić information content (AvgIpc) is 3.15. The predicted molar refractivity (Wildman–Crippen MR) is 151 cm³/mol. The summed E-state index contributed by atoms with van der Waals surface area (Å²) in [6, 6.07) is 13.8. The average molecular weight is 549 g/mol. The molecule has 0 saturated heterocycles. The number of aromatic hydroxyl groups is 1. The van der Waals surface area contributed by atoms with Crippen LogP contribution in [0.4, 0.5) is 0 Å². The Bertz CT molecular complexity index is 1040. The number of aromatic amines is 1. The second kappa shape index (κ2) is 15.0. The topological polar surface area (TPSA) is 97.4 Å². The Labute approximate surface area is 221 Å². The van der Waals surface area contributed by atoms with Gasteiger partial charge in [-0.3, -0.25) is 4.79 Å². The molecular formula is C24H35Cl2N3O3S2. The van der Waals surface area contributed by atoms with Gasteiger partial charge in [0.15, 0.2) is 0 Å². The van der Waals surface area contributed by atoms with Crippen molar-refractivity contribution in [3.8, 4) is 5.75 Å². The van der Waals surface area contributed by atoms with Crippen LogP contribution in [-0.4, -0.2) is 51.9 Å². The highest BCUT2D eigenvalue weighted by molar-refractivity contribution is 7.99. The van der Waals surface area contributed by atoms with Crippen molar-refractivity contribution < 1.29 is 10.2 Å². The van der Waals surface area contributed by atoms with E-state index >= 15 is 0 Å². The Hall–Kier alpha value is -1.26. The van der Waals surface area contributed by atoms with Crippen molar-refractivity contribution in [2.45, 2.75) is 38.3 Å². The summed E-state index contributed by atoms with van der Waals surface area (Å²) < 4.78 is 0.612. The minimum absolute atomic E-state index is 0. The van der Waals surface area contributed by atoms with Crippen molar-refractivity contribution in [2.24, 2.45) is 0 Å². The summed E-state index contributed by atoms with van der Waals surface area (Å²) in [5.41, 5.74) is 2.49. The van der Waals surface area contributed by atoms with Gasteiger partial charge in [0.05, 0.1) is 10.8 Å². The molecule has 3 rings (SSSR count). The fourth-order valence-corrected chi connectivity index (χ4v) is 5.43. The number of rotatable bonds is 13. The fraction of sp³-hybridized carbons (Fsp3) is 0.458. The number of hydrogen-bond donors (Lipinski definition) is 5. The number of aromatic nitrogens is 1. The van der Waals surface area contributed by atoms with E-state index in [0.717, 1.165) is 48.8 Å². The third kappa shape index (κ3) is 9.41. The number of halogens is 2. The molecular weight excluding hydrogens is 513 g/mol. The Kier molecular flexibility index (Phi) is 13.6. The van der Waals surface area contributed by atoms with Gasteiger partial charge in [-0.2, -0.15) is 11.8 Å². The van der Waals surface area contributed by atoms with Gasteiger partial charge >= 0.3 is 4.87 Å². The first kappa shape index (κ1) is 30.8. The van der Waals surface area contributed by atoms with Crippen LogP contribution in [0.1, 0.15) is 37.5 Å². The number of phenols is 1. The maximum Gasteiger partial charge on any atom is 0.305 e. The van der Waals surface area contributed by atoms with E-state index < -0.39 is 6.10 Å². The van der Waals surface area contributed by atoms with Crippen molar-refractivity contribution in [2.75, 3.05) is 31.1 Å². The number of phenolic OH excluding ortho intramolecular Hbond substituents is 1. The number of thioether (sulfide) groups is 1. The molecule has 1 heterocycles. The SMILES string of the molecule is CC(C)(Cc1ccccc1)NCCCSCCNC[C@H](O)c1ccc(O)c2[nH]c(=O)sc12.Cl.Cl. The smallest absolute Gasteiger partial charge is 0.305 e. The third-order valence-electron chi connectivity index (χ3n) is 5.27. The number of aliphatic hydroxyl groups is 1. The molecule has 0 bridgehead atoms. The summed E-state index contributed by atoms with van der Waals surface area (Å²) in [5.74, 6) is 2.09. The molecule has 10 heteroatoms. The summed E-state index contributed by atoms with van der Waals surface area (Å²) in [6.45, 7) is 6.70. The van der Waals surface area contributed by atoms with E-state index in [0.29, 0.717) is 22.3 Å². The molecule has 0 fully saturated rings. The highest BCUT2D eigenvalue weighted by Gasteiger charge is 2.17. The zero-order valence-corrected chi connectivity index (χ0v) is 22.8. The minimum atomic E-state index is -0.731. The van der Waals surface area contributed by atoms with Gasteiger partial charge in [-0.05, 0) is 50.6 Å². The normalized spacial score (nSPS) is 12.2. The zero-order chi connectivity index (χ0) is 23.0. The van der Waals surface area contributed by atoms with Crippen molar-refractivity contribution >= 4 is 58.1 Å². The van der Waals surface area contributed by atoms with Crippen molar-refractivity contribution in [3.63, 3.8) is 0 Å². The molecule has 2 aromatic carbocycles. The van der Waals surface area contributed by atoms with Crippen LogP contribution < -0.4 is 15.5 Å². The van der Waals surface area contributed by atoms with Crippen LogP contribution in [0.15, 0.2) is 47.3 Å². The molecule has 190 valence electrons. The largest absolute Gasteiger partial charge is 0.506 e. The van der Waals surface area contributed by atoms with Gasteiger partial charge in [-0.25, -0.2) is 0 Å². The standard InChI is InChI=1S/C24H33N3O3S2.2ClH/c1-24(2,15-17-7-4-3-5-8-17)26-11-6-13-31-14-12-25-16-20(29)18-9-10-19(28)21-22(18)32-23(30)27-21;;/h3-5,7-10,20,25-26,28-29H,6,11-16H2,1-2H3,(H,27,30);2*1H/t20-;;/m0../s1. The molecule has 0 aliphatic carbocycles.